The van der Waals surface area contributed by atoms with E-state index in [-0.39, 0.29) is 23.6 Å². The summed E-state index contributed by atoms with van der Waals surface area (Å²) in [5.74, 6) is 6.21. The molecule has 7 heteroatoms. The first-order chi connectivity index (χ1) is 17.5. The van der Waals surface area contributed by atoms with Crippen LogP contribution in [0.4, 0.5) is 5.69 Å². The van der Waals surface area contributed by atoms with E-state index in [1.807, 2.05) is 43.3 Å². The molecule has 180 valence electrons. The summed E-state index contributed by atoms with van der Waals surface area (Å²) < 4.78 is 11.6. The highest BCUT2D eigenvalue weighted by Crippen LogP contribution is 2.27. The summed E-state index contributed by atoms with van der Waals surface area (Å²) in [6.07, 6.45) is 2.30. The Bertz CT molecular complexity index is 1450. The lowest BCUT2D eigenvalue weighted by Crippen LogP contribution is -2.16. The van der Waals surface area contributed by atoms with E-state index in [1.165, 1.54) is 6.07 Å². The molecule has 0 saturated heterocycles. The molecule has 0 fully saturated rings. The summed E-state index contributed by atoms with van der Waals surface area (Å²) in [4.78, 5) is 28.0. The number of carbonyl (C=O) groups excluding carboxylic acids is 1. The molecule has 3 aromatic carbocycles. The Morgan fingerprint density at radius 1 is 0.972 bits per heavy atom. The van der Waals surface area contributed by atoms with Crippen LogP contribution in [-0.2, 0) is 11.2 Å². The Morgan fingerprint density at radius 2 is 1.72 bits per heavy atom. The van der Waals surface area contributed by atoms with Crippen LogP contribution in [0.1, 0.15) is 29.3 Å². The van der Waals surface area contributed by atoms with E-state index >= 15 is 0 Å². The molecule has 36 heavy (non-hydrogen) atoms. The van der Waals surface area contributed by atoms with Crippen LogP contribution in [-0.4, -0.2) is 28.6 Å². The highest BCUT2D eigenvalue weighted by Gasteiger charge is 2.12. The average molecular weight is 481 g/mol. The Morgan fingerprint density at radius 3 is 2.44 bits per heavy atom. The van der Waals surface area contributed by atoms with E-state index in [0.717, 1.165) is 16.5 Å². The van der Waals surface area contributed by atoms with Crippen molar-refractivity contribution >= 4 is 28.3 Å². The molecule has 0 aliphatic heterocycles. The van der Waals surface area contributed by atoms with Gasteiger partial charge in [-0.1, -0.05) is 30.3 Å². The molecule has 0 radical (unpaired) electrons. The molecule has 0 saturated carbocycles. The molecule has 2 N–H and O–H groups in total. The van der Waals surface area contributed by atoms with Crippen molar-refractivity contribution < 1.29 is 24.2 Å². The summed E-state index contributed by atoms with van der Waals surface area (Å²) in [6, 6.07) is 21.3. The van der Waals surface area contributed by atoms with Crippen molar-refractivity contribution in [2.75, 3.05) is 11.9 Å². The highest BCUT2D eigenvalue weighted by molar-refractivity contribution is 6.01. The van der Waals surface area contributed by atoms with Crippen LogP contribution < -0.4 is 14.8 Å². The van der Waals surface area contributed by atoms with E-state index in [4.69, 9.17) is 9.47 Å². The fourth-order valence-electron chi connectivity index (χ4n) is 3.56. The predicted octanol–water partition coefficient (Wildman–Crippen LogP) is 5.70. The number of amides is 1. The zero-order valence-electron chi connectivity index (χ0n) is 19.7. The van der Waals surface area contributed by atoms with Crippen molar-refractivity contribution in [1.82, 2.24) is 4.98 Å². The van der Waals surface area contributed by atoms with Gasteiger partial charge in [0.15, 0.2) is 0 Å². The van der Waals surface area contributed by atoms with E-state index in [2.05, 4.69) is 22.1 Å². The van der Waals surface area contributed by atoms with Gasteiger partial charge in [-0.3, -0.25) is 4.79 Å². The Labute approximate surface area is 208 Å². The minimum atomic E-state index is -1.10. The van der Waals surface area contributed by atoms with Gasteiger partial charge in [0.1, 0.15) is 11.5 Å². The van der Waals surface area contributed by atoms with E-state index in [1.54, 1.807) is 36.5 Å². The number of carboxylic acid groups (broad SMARTS) is 1. The maximum absolute atomic E-state index is 12.4. The molecule has 0 bridgehead atoms. The third-order valence-corrected chi connectivity index (χ3v) is 5.27. The summed E-state index contributed by atoms with van der Waals surface area (Å²) in [7, 11) is 0. The fourth-order valence-corrected chi connectivity index (χ4v) is 3.56. The number of aromatic carboxylic acids is 1. The van der Waals surface area contributed by atoms with E-state index in [0.29, 0.717) is 30.2 Å². The molecular formula is C29H24N2O5. The molecule has 4 aromatic rings. The van der Waals surface area contributed by atoms with E-state index in [9.17, 15) is 14.7 Å². The second kappa shape index (κ2) is 11.5. The van der Waals surface area contributed by atoms with Gasteiger partial charge in [0.2, 0.25) is 11.8 Å². The van der Waals surface area contributed by atoms with Crippen LogP contribution in [0.15, 0.2) is 79.0 Å². The molecule has 0 aliphatic carbocycles. The Hall–Kier alpha value is -4.83. The summed E-state index contributed by atoms with van der Waals surface area (Å²) in [5, 5.41) is 13.9. The van der Waals surface area contributed by atoms with Crippen molar-refractivity contribution in [1.29, 1.82) is 0 Å². The van der Waals surface area contributed by atoms with Gasteiger partial charge in [0, 0.05) is 18.7 Å². The molecule has 0 spiro atoms. The lowest BCUT2D eigenvalue weighted by Gasteiger charge is -2.10. The minimum Gasteiger partial charge on any atom is -0.493 e. The molecule has 1 heterocycles. The molecular weight excluding hydrogens is 456 g/mol. The smallest absolute Gasteiger partial charge is 0.337 e. The molecule has 0 aliphatic rings. The zero-order valence-corrected chi connectivity index (χ0v) is 19.7. The molecule has 4 rings (SSSR count). The van der Waals surface area contributed by atoms with Gasteiger partial charge >= 0.3 is 5.97 Å². The number of anilines is 1. The first-order valence-corrected chi connectivity index (χ1v) is 11.3. The summed E-state index contributed by atoms with van der Waals surface area (Å²) in [6.45, 7) is 2.36. The number of ether oxygens (including phenoxy) is 2. The van der Waals surface area contributed by atoms with Gasteiger partial charge in [-0.25, -0.2) is 9.78 Å². The number of pyridine rings is 1. The van der Waals surface area contributed by atoms with Crippen LogP contribution in [0, 0.1) is 11.8 Å². The largest absolute Gasteiger partial charge is 0.493 e. The quantitative estimate of drug-likeness (QED) is 0.236. The summed E-state index contributed by atoms with van der Waals surface area (Å²) >= 11 is 0. The molecule has 7 nitrogen and oxygen atoms in total. The van der Waals surface area contributed by atoms with Crippen molar-refractivity contribution in [2.45, 2.75) is 19.8 Å². The number of nitrogens with one attached hydrogen (secondary N) is 1. The Kier molecular flexibility index (Phi) is 7.79. The third-order valence-electron chi connectivity index (χ3n) is 5.27. The molecule has 0 atom stereocenters. The minimum absolute atomic E-state index is 0.0358. The fraction of sp³-hybridized carbons (Fsp3) is 0.138. The normalized spacial score (nSPS) is 10.2. The number of hydrogen-bond donors (Lipinski definition) is 2. The van der Waals surface area contributed by atoms with Crippen LogP contribution in [0.2, 0.25) is 0 Å². The van der Waals surface area contributed by atoms with Gasteiger partial charge in [-0.2, -0.15) is 0 Å². The third kappa shape index (κ3) is 6.39. The van der Waals surface area contributed by atoms with E-state index < -0.39 is 5.97 Å². The first kappa shape index (κ1) is 24.3. The predicted molar refractivity (Wildman–Crippen MR) is 138 cm³/mol. The van der Waals surface area contributed by atoms with Crippen molar-refractivity contribution in [3.63, 3.8) is 0 Å². The van der Waals surface area contributed by atoms with Gasteiger partial charge in [0.25, 0.3) is 0 Å². The second-order valence-corrected chi connectivity index (χ2v) is 7.88. The van der Waals surface area contributed by atoms with Crippen LogP contribution in [0.5, 0.6) is 17.4 Å². The lowest BCUT2D eigenvalue weighted by molar-refractivity contribution is -0.115. The number of hydrogen-bond acceptors (Lipinski definition) is 5. The zero-order chi connectivity index (χ0) is 25.3. The van der Waals surface area contributed by atoms with Crippen LogP contribution in [0.25, 0.3) is 10.8 Å². The van der Waals surface area contributed by atoms with Gasteiger partial charge in [-0.05, 0) is 59.7 Å². The number of nitrogens with zero attached hydrogens (tertiary/aromatic N) is 1. The number of rotatable bonds is 9. The molecule has 0 unspecified atom stereocenters. The monoisotopic (exact) mass is 480 g/mol. The number of aromatic nitrogens is 1. The SMILES string of the molecule is CC#CCCOc1ccc2cc(Oc3ccc(CC(=O)Nc4ccccc4C(=O)O)cn3)ccc2c1. The topological polar surface area (TPSA) is 97.8 Å². The number of carbonyl (C=O) groups is 2. The maximum Gasteiger partial charge on any atom is 0.337 e. The second-order valence-electron chi connectivity index (χ2n) is 7.88. The van der Waals surface area contributed by atoms with Crippen LogP contribution >= 0.6 is 0 Å². The van der Waals surface area contributed by atoms with Crippen molar-refractivity contribution in [2.24, 2.45) is 0 Å². The number of carboxylic acids is 1. The Balaban J connectivity index is 1.36. The first-order valence-electron chi connectivity index (χ1n) is 11.3. The standard InChI is InChI=1S/C29H24N2O5/c1-2-3-6-15-35-23-12-10-22-18-24(13-11-21(22)17-23)36-28-14-9-20(19-30-28)16-27(32)31-26-8-5-4-7-25(26)29(33)34/h4-5,7-14,17-19H,6,15-16H2,1H3,(H,31,32)(H,33,34). The van der Waals surface area contributed by atoms with Crippen LogP contribution in [0.3, 0.4) is 0 Å². The average Bonchev–Trinajstić information content (AvgIpc) is 2.88. The van der Waals surface area contributed by atoms with Gasteiger partial charge < -0.3 is 19.9 Å². The number of benzene rings is 3. The number of fused-ring (bicyclic) bond motifs is 1. The lowest BCUT2D eigenvalue weighted by atomic mass is 10.1. The summed E-state index contributed by atoms with van der Waals surface area (Å²) in [5.41, 5.74) is 0.959. The van der Waals surface area contributed by atoms with Gasteiger partial charge in [-0.15, -0.1) is 11.8 Å². The molecule has 1 amide bonds. The van der Waals surface area contributed by atoms with Crippen molar-refractivity contribution in [3.05, 3.63) is 90.1 Å². The van der Waals surface area contributed by atoms with Crippen molar-refractivity contribution in [3.8, 4) is 29.2 Å². The maximum atomic E-state index is 12.4. The number of para-hydroxylation sites is 1. The molecule has 1 aromatic heterocycles. The highest BCUT2D eigenvalue weighted by atomic mass is 16.5. The van der Waals surface area contributed by atoms with Gasteiger partial charge in [0.05, 0.1) is 24.3 Å².